The summed E-state index contributed by atoms with van der Waals surface area (Å²) in [6.07, 6.45) is 5.59. The summed E-state index contributed by atoms with van der Waals surface area (Å²) in [6, 6.07) is 0. The average molecular weight is 155 g/mol. The van der Waals surface area contributed by atoms with Crippen molar-refractivity contribution in [2.75, 3.05) is 19.6 Å². The van der Waals surface area contributed by atoms with E-state index in [0.29, 0.717) is 0 Å². The van der Waals surface area contributed by atoms with Gasteiger partial charge >= 0.3 is 0 Å². The standard InChI is InChI=1S/C10H21N/c1-3-4-5-7-11-8-6-10(2)9-11/h10H,3-9H2,1-2H3/t10-/m1/s1. The second-order valence-corrected chi connectivity index (χ2v) is 3.90. The molecule has 1 nitrogen and oxygen atoms in total. The van der Waals surface area contributed by atoms with Gasteiger partial charge in [0.05, 0.1) is 0 Å². The van der Waals surface area contributed by atoms with Gasteiger partial charge in [-0.15, -0.1) is 0 Å². The normalized spacial score (nSPS) is 26.2. The first-order valence-electron chi connectivity index (χ1n) is 5.05. The quantitative estimate of drug-likeness (QED) is 0.564. The third-order valence-corrected chi connectivity index (χ3v) is 2.59. The van der Waals surface area contributed by atoms with Crippen LogP contribution >= 0.6 is 0 Å². The van der Waals surface area contributed by atoms with Gasteiger partial charge in [-0.3, -0.25) is 0 Å². The Morgan fingerprint density at radius 1 is 1.36 bits per heavy atom. The Balaban J connectivity index is 1.99. The molecule has 0 aliphatic carbocycles. The summed E-state index contributed by atoms with van der Waals surface area (Å²) in [7, 11) is 0. The Morgan fingerprint density at radius 3 is 2.73 bits per heavy atom. The van der Waals surface area contributed by atoms with Crippen LogP contribution in [0.25, 0.3) is 0 Å². The van der Waals surface area contributed by atoms with Crippen molar-refractivity contribution in [3.63, 3.8) is 0 Å². The first-order chi connectivity index (χ1) is 5.33. The maximum absolute atomic E-state index is 2.61. The minimum absolute atomic E-state index is 0.955. The number of rotatable bonds is 4. The monoisotopic (exact) mass is 155 g/mol. The highest BCUT2D eigenvalue weighted by atomic mass is 15.1. The molecule has 0 spiro atoms. The molecule has 0 N–H and O–H groups in total. The lowest BCUT2D eigenvalue weighted by Gasteiger charge is -2.14. The van der Waals surface area contributed by atoms with Crippen LogP contribution in [-0.2, 0) is 0 Å². The fraction of sp³-hybridized carbons (Fsp3) is 1.00. The van der Waals surface area contributed by atoms with Gasteiger partial charge in [0.2, 0.25) is 0 Å². The van der Waals surface area contributed by atoms with Crippen LogP contribution in [0.15, 0.2) is 0 Å². The zero-order chi connectivity index (χ0) is 8.10. The number of unbranched alkanes of at least 4 members (excludes halogenated alkanes) is 2. The number of hydrogen-bond acceptors (Lipinski definition) is 1. The highest BCUT2D eigenvalue weighted by Gasteiger charge is 2.16. The summed E-state index contributed by atoms with van der Waals surface area (Å²) in [5, 5.41) is 0. The molecule has 1 aliphatic heterocycles. The Kier molecular flexibility index (Phi) is 3.92. The first-order valence-corrected chi connectivity index (χ1v) is 5.05. The van der Waals surface area contributed by atoms with Gasteiger partial charge < -0.3 is 4.90 Å². The molecule has 0 radical (unpaired) electrons. The predicted octanol–water partition coefficient (Wildman–Crippen LogP) is 2.52. The minimum Gasteiger partial charge on any atom is -0.303 e. The van der Waals surface area contributed by atoms with E-state index in [9.17, 15) is 0 Å². The van der Waals surface area contributed by atoms with Crippen LogP contribution in [0.2, 0.25) is 0 Å². The zero-order valence-corrected chi connectivity index (χ0v) is 7.97. The van der Waals surface area contributed by atoms with Crippen molar-refractivity contribution in [1.29, 1.82) is 0 Å². The van der Waals surface area contributed by atoms with Crippen LogP contribution < -0.4 is 0 Å². The molecule has 1 aliphatic rings. The molecular weight excluding hydrogens is 134 g/mol. The van der Waals surface area contributed by atoms with Crippen molar-refractivity contribution in [3.05, 3.63) is 0 Å². The van der Waals surface area contributed by atoms with Gasteiger partial charge in [-0.05, 0) is 31.8 Å². The number of hydrogen-bond donors (Lipinski definition) is 0. The van der Waals surface area contributed by atoms with Crippen LogP contribution in [0.5, 0.6) is 0 Å². The van der Waals surface area contributed by atoms with Gasteiger partial charge in [0, 0.05) is 6.54 Å². The van der Waals surface area contributed by atoms with Crippen molar-refractivity contribution in [3.8, 4) is 0 Å². The van der Waals surface area contributed by atoms with Crippen molar-refractivity contribution in [1.82, 2.24) is 4.90 Å². The molecule has 0 amide bonds. The van der Waals surface area contributed by atoms with Gasteiger partial charge in [-0.1, -0.05) is 26.7 Å². The van der Waals surface area contributed by atoms with E-state index in [4.69, 9.17) is 0 Å². The molecule has 1 fully saturated rings. The molecule has 0 aromatic carbocycles. The molecule has 1 heterocycles. The molecule has 0 aromatic rings. The highest BCUT2D eigenvalue weighted by molar-refractivity contribution is 4.71. The van der Waals surface area contributed by atoms with E-state index >= 15 is 0 Å². The Morgan fingerprint density at radius 2 is 2.18 bits per heavy atom. The van der Waals surface area contributed by atoms with E-state index in [-0.39, 0.29) is 0 Å². The van der Waals surface area contributed by atoms with Crippen molar-refractivity contribution < 1.29 is 0 Å². The van der Waals surface area contributed by atoms with Gasteiger partial charge in [0.25, 0.3) is 0 Å². The summed E-state index contributed by atoms with van der Waals surface area (Å²) in [4.78, 5) is 2.61. The number of likely N-dealkylation sites (tertiary alicyclic amines) is 1. The summed E-state index contributed by atoms with van der Waals surface area (Å²) in [5.41, 5.74) is 0. The molecule has 66 valence electrons. The summed E-state index contributed by atoms with van der Waals surface area (Å²) >= 11 is 0. The molecular formula is C10H21N. The average Bonchev–Trinajstić information content (AvgIpc) is 2.37. The maximum atomic E-state index is 2.61. The molecule has 0 aromatic heterocycles. The van der Waals surface area contributed by atoms with E-state index in [1.807, 2.05) is 0 Å². The Hall–Kier alpha value is -0.0400. The largest absolute Gasteiger partial charge is 0.303 e. The lowest BCUT2D eigenvalue weighted by Crippen LogP contribution is -2.21. The molecule has 0 unspecified atom stereocenters. The van der Waals surface area contributed by atoms with Crippen LogP contribution in [-0.4, -0.2) is 24.5 Å². The maximum Gasteiger partial charge on any atom is 0.000750 e. The molecule has 1 rings (SSSR count). The number of nitrogens with zero attached hydrogens (tertiary/aromatic N) is 1. The molecule has 0 saturated carbocycles. The van der Waals surface area contributed by atoms with E-state index in [1.54, 1.807) is 0 Å². The molecule has 11 heavy (non-hydrogen) atoms. The second-order valence-electron chi connectivity index (χ2n) is 3.90. The third kappa shape index (κ3) is 3.24. The summed E-state index contributed by atoms with van der Waals surface area (Å²) in [5.74, 6) is 0.955. The molecule has 1 saturated heterocycles. The minimum atomic E-state index is 0.955. The van der Waals surface area contributed by atoms with Gasteiger partial charge in [-0.25, -0.2) is 0 Å². The van der Waals surface area contributed by atoms with Crippen molar-refractivity contribution >= 4 is 0 Å². The van der Waals surface area contributed by atoms with Gasteiger partial charge in [-0.2, -0.15) is 0 Å². The fourth-order valence-electron chi connectivity index (χ4n) is 1.81. The first kappa shape index (κ1) is 9.05. The lowest BCUT2D eigenvalue weighted by atomic mass is 10.2. The van der Waals surface area contributed by atoms with Crippen molar-refractivity contribution in [2.45, 2.75) is 39.5 Å². The fourth-order valence-corrected chi connectivity index (χ4v) is 1.81. The molecule has 1 atom stereocenters. The van der Waals surface area contributed by atoms with E-state index in [2.05, 4.69) is 18.7 Å². The van der Waals surface area contributed by atoms with Crippen LogP contribution in [0.3, 0.4) is 0 Å². The predicted molar refractivity (Wildman–Crippen MR) is 49.7 cm³/mol. The van der Waals surface area contributed by atoms with E-state index < -0.39 is 0 Å². The lowest BCUT2D eigenvalue weighted by molar-refractivity contribution is 0.319. The highest BCUT2D eigenvalue weighted by Crippen LogP contribution is 2.15. The summed E-state index contributed by atoms with van der Waals surface area (Å²) in [6.45, 7) is 8.68. The van der Waals surface area contributed by atoms with Gasteiger partial charge in [0.15, 0.2) is 0 Å². The summed E-state index contributed by atoms with van der Waals surface area (Å²) < 4.78 is 0. The second kappa shape index (κ2) is 4.76. The topological polar surface area (TPSA) is 3.24 Å². The Labute approximate surface area is 70.8 Å². The molecule has 1 heteroatoms. The smallest absolute Gasteiger partial charge is 0.000750 e. The van der Waals surface area contributed by atoms with Gasteiger partial charge in [0.1, 0.15) is 0 Å². The van der Waals surface area contributed by atoms with Crippen LogP contribution in [0.4, 0.5) is 0 Å². The van der Waals surface area contributed by atoms with E-state index in [0.717, 1.165) is 5.92 Å². The van der Waals surface area contributed by atoms with Crippen LogP contribution in [0.1, 0.15) is 39.5 Å². The van der Waals surface area contributed by atoms with Crippen LogP contribution in [0, 0.1) is 5.92 Å². The van der Waals surface area contributed by atoms with E-state index in [1.165, 1.54) is 45.3 Å². The molecule has 0 bridgehead atoms. The SMILES string of the molecule is CCCCCN1CC[C@@H](C)C1. The Bertz CT molecular complexity index is 101. The third-order valence-electron chi connectivity index (χ3n) is 2.59. The van der Waals surface area contributed by atoms with Crippen molar-refractivity contribution in [2.24, 2.45) is 5.92 Å². The zero-order valence-electron chi connectivity index (χ0n) is 7.97.